The molecule has 0 saturated carbocycles. The lowest BCUT2D eigenvalue weighted by atomic mass is 10.2. The van der Waals surface area contributed by atoms with Crippen molar-refractivity contribution in [3.63, 3.8) is 0 Å². The quantitative estimate of drug-likeness (QED) is 0.722. The molecule has 0 amide bonds. The van der Waals surface area contributed by atoms with E-state index in [-0.39, 0.29) is 17.3 Å². The maximum Gasteiger partial charge on any atom is 0.368 e. The molecule has 6 heteroatoms. The van der Waals surface area contributed by atoms with Crippen LogP contribution in [0.15, 0.2) is 29.0 Å². The standard InChI is InChI=1S/C9H9FN4O/c1-13-9(15)14(12-11-13)8-4-2-3-7(5-8)6-10/h2-5H,6H2,1H3/i5T. The molecular weight excluding hydrogens is 199 g/mol. The Kier molecular flexibility index (Phi) is 2.02. The second-order valence-electron chi connectivity index (χ2n) is 2.99. The van der Waals surface area contributed by atoms with E-state index in [2.05, 4.69) is 10.4 Å². The molecule has 0 atom stereocenters. The van der Waals surface area contributed by atoms with Gasteiger partial charge in [-0.1, -0.05) is 12.1 Å². The zero-order chi connectivity index (χ0) is 11.7. The molecule has 0 aliphatic heterocycles. The first-order chi connectivity index (χ1) is 7.65. The Morgan fingerprint density at radius 3 is 2.93 bits per heavy atom. The van der Waals surface area contributed by atoms with Crippen LogP contribution in [-0.4, -0.2) is 19.8 Å². The molecule has 0 bridgehead atoms. The number of aromatic nitrogens is 4. The predicted octanol–water partition coefficient (Wildman–Crippen LogP) is 0.435. The van der Waals surface area contributed by atoms with Crippen LogP contribution >= 0.6 is 0 Å². The maximum absolute atomic E-state index is 12.5. The monoisotopic (exact) mass is 210 g/mol. The van der Waals surface area contributed by atoms with Gasteiger partial charge in [0.05, 0.1) is 7.06 Å². The van der Waals surface area contributed by atoms with Crippen LogP contribution in [0, 0.1) is 0 Å². The molecule has 78 valence electrons. The normalized spacial score (nSPS) is 11.5. The van der Waals surface area contributed by atoms with Crippen LogP contribution in [0.5, 0.6) is 0 Å². The van der Waals surface area contributed by atoms with Gasteiger partial charge < -0.3 is 0 Å². The summed E-state index contributed by atoms with van der Waals surface area (Å²) in [5.74, 6) is 0. The summed E-state index contributed by atoms with van der Waals surface area (Å²) in [6.07, 6.45) is 0. The highest BCUT2D eigenvalue weighted by Gasteiger charge is 2.05. The topological polar surface area (TPSA) is 52.7 Å². The molecule has 5 nitrogen and oxygen atoms in total. The molecule has 0 unspecified atom stereocenters. The first-order valence-electron chi connectivity index (χ1n) is 4.79. The van der Waals surface area contributed by atoms with Crippen molar-refractivity contribution in [2.24, 2.45) is 7.05 Å². The van der Waals surface area contributed by atoms with Gasteiger partial charge >= 0.3 is 5.69 Å². The van der Waals surface area contributed by atoms with Crippen LogP contribution in [-0.2, 0) is 13.7 Å². The average Bonchev–Trinajstić information content (AvgIpc) is 2.61. The van der Waals surface area contributed by atoms with E-state index in [0.717, 1.165) is 9.36 Å². The van der Waals surface area contributed by atoms with Crippen LogP contribution in [0.3, 0.4) is 0 Å². The van der Waals surface area contributed by atoms with Gasteiger partial charge in [-0.25, -0.2) is 9.18 Å². The SMILES string of the molecule is [3H]c1c(CF)cccc1-n1nnn(C)c1=O. The molecule has 2 rings (SSSR count). The second kappa shape index (κ2) is 3.64. The minimum absolute atomic E-state index is 0.0485. The Balaban J connectivity index is 2.65. The van der Waals surface area contributed by atoms with Crippen molar-refractivity contribution in [2.75, 3.05) is 0 Å². The first-order valence-corrected chi connectivity index (χ1v) is 4.29. The molecule has 1 aromatic carbocycles. The molecule has 0 saturated heterocycles. The van der Waals surface area contributed by atoms with E-state index in [1.54, 1.807) is 6.07 Å². The summed E-state index contributed by atoms with van der Waals surface area (Å²) in [5.41, 5.74) is -0.0205. The Labute approximate surface area is 86.1 Å². The number of halogens is 1. The van der Waals surface area contributed by atoms with Crippen molar-refractivity contribution >= 4 is 0 Å². The first kappa shape index (κ1) is 8.34. The van der Waals surface area contributed by atoms with Crippen LogP contribution in [0.25, 0.3) is 5.69 Å². The highest BCUT2D eigenvalue weighted by Crippen LogP contribution is 2.08. The van der Waals surface area contributed by atoms with Crippen molar-refractivity contribution < 1.29 is 5.76 Å². The lowest BCUT2D eigenvalue weighted by molar-refractivity contribution is 0.485. The molecule has 15 heavy (non-hydrogen) atoms. The number of alkyl halides is 1. The van der Waals surface area contributed by atoms with E-state index in [0.29, 0.717) is 0 Å². The molecule has 2 aromatic rings. The van der Waals surface area contributed by atoms with Gasteiger partial charge in [0.15, 0.2) is 0 Å². The molecule has 1 aromatic heterocycles. The smallest absolute Gasteiger partial charge is 0.246 e. The predicted molar refractivity (Wildman–Crippen MR) is 51.4 cm³/mol. The largest absolute Gasteiger partial charge is 0.368 e. The number of nitrogens with zero attached hydrogens (tertiary/aromatic N) is 4. The summed E-state index contributed by atoms with van der Waals surface area (Å²) >= 11 is 0. The molecule has 0 spiro atoms. The number of hydrogen-bond donors (Lipinski definition) is 0. The maximum atomic E-state index is 12.5. The lowest BCUT2D eigenvalue weighted by Crippen LogP contribution is -2.21. The van der Waals surface area contributed by atoms with E-state index in [4.69, 9.17) is 1.37 Å². The summed E-state index contributed by atoms with van der Waals surface area (Å²) < 4.78 is 22.3. The highest BCUT2D eigenvalue weighted by atomic mass is 19.1. The fourth-order valence-corrected chi connectivity index (χ4v) is 1.17. The zero-order valence-electron chi connectivity index (χ0n) is 9.01. The van der Waals surface area contributed by atoms with Crippen molar-refractivity contribution in [1.82, 2.24) is 19.8 Å². The van der Waals surface area contributed by atoms with Gasteiger partial charge in [-0.05, 0) is 28.1 Å². The van der Waals surface area contributed by atoms with E-state index in [1.165, 1.54) is 19.2 Å². The molecule has 1 heterocycles. The fourth-order valence-electron chi connectivity index (χ4n) is 1.17. The number of benzene rings is 1. The average molecular weight is 210 g/mol. The van der Waals surface area contributed by atoms with E-state index in [9.17, 15) is 9.18 Å². The van der Waals surface area contributed by atoms with E-state index < -0.39 is 12.4 Å². The second-order valence-corrected chi connectivity index (χ2v) is 2.99. The minimum Gasteiger partial charge on any atom is -0.246 e. The Bertz CT molecular complexity index is 577. The van der Waals surface area contributed by atoms with Gasteiger partial charge in [0, 0.05) is 7.05 Å². The molecule has 0 aliphatic carbocycles. The minimum atomic E-state index is -0.748. The van der Waals surface area contributed by atoms with Gasteiger partial charge in [-0.15, -0.1) is 0 Å². The number of tetrazole rings is 1. The third kappa shape index (κ3) is 1.65. The van der Waals surface area contributed by atoms with Crippen LogP contribution in [0.2, 0.25) is 0 Å². The summed E-state index contributed by atoms with van der Waals surface area (Å²) in [6.45, 7) is -0.748. The van der Waals surface area contributed by atoms with Crippen LogP contribution < -0.4 is 5.69 Å². The Morgan fingerprint density at radius 1 is 1.53 bits per heavy atom. The molecule has 0 N–H and O–H groups in total. The highest BCUT2D eigenvalue weighted by molar-refractivity contribution is 5.34. The Morgan fingerprint density at radius 2 is 2.33 bits per heavy atom. The molecular formula is C9H9FN4O. The molecule has 0 aliphatic rings. The summed E-state index contributed by atoms with van der Waals surface area (Å²) in [4.78, 5) is 11.5. The van der Waals surface area contributed by atoms with Gasteiger partial charge in [0.25, 0.3) is 0 Å². The van der Waals surface area contributed by atoms with Gasteiger partial charge in [-0.2, -0.15) is 9.36 Å². The molecule has 0 fully saturated rings. The van der Waals surface area contributed by atoms with Crippen molar-refractivity contribution in [3.05, 3.63) is 40.3 Å². The van der Waals surface area contributed by atoms with Crippen LogP contribution in [0.4, 0.5) is 4.39 Å². The summed E-state index contributed by atoms with van der Waals surface area (Å²) in [6, 6.07) is 4.54. The number of rotatable bonds is 2. The third-order valence-corrected chi connectivity index (χ3v) is 1.93. The van der Waals surface area contributed by atoms with E-state index in [1.807, 2.05) is 0 Å². The van der Waals surface area contributed by atoms with Crippen LogP contribution in [0.1, 0.15) is 6.93 Å². The van der Waals surface area contributed by atoms with Crippen molar-refractivity contribution in [2.45, 2.75) is 6.67 Å². The van der Waals surface area contributed by atoms with E-state index >= 15 is 0 Å². The van der Waals surface area contributed by atoms with Gasteiger partial charge in [0.2, 0.25) is 0 Å². The fraction of sp³-hybridized carbons (Fsp3) is 0.222. The van der Waals surface area contributed by atoms with Gasteiger partial charge in [-0.3, -0.25) is 0 Å². The summed E-state index contributed by atoms with van der Waals surface area (Å²) in [5, 5.41) is 7.13. The number of aryl methyl sites for hydroxylation is 1. The zero-order valence-corrected chi connectivity index (χ0v) is 8.01. The van der Waals surface area contributed by atoms with Crippen molar-refractivity contribution in [1.29, 1.82) is 0 Å². The Hall–Kier alpha value is -1.98. The van der Waals surface area contributed by atoms with Crippen molar-refractivity contribution in [3.8, 4) is 5.69 Å². The third-order valence-electron chi connectivity index (χ3n) is 1.93. The number of hydrogen-bond acceptors (Lipinski definition) is 3. The lowest BCUT2D eigenvalue weighted by Gasteiger charge is -1.99. The molecule has 0 radical (unpaired) electrons. The summed E-state index contributed by atoms with van der Waals surface area (Å²) in [7, 11) is 1.45. The van der Waals surface area contributed by atoms with Gasteiger partial charge in [0.1, 0.15) is 6.67 Å².